The van der Waals surface area contributed by atoms with Crippen molar-refractivity contribution in [2.24, 2.45) is 11.8 Å². The van der Waals surface area contributed by atoms with Gasteiger partial charge in [0.25, 0.3) is 5.91 Å². The number of amides is 1. The first kappa shape index (κ1) is 18.6. The number of rotatable bonds is 4. The number of likely N-dealkylation sites (tertiary alicyclic amines) is 1. The number of carbonyl (C=O) groups excluding carboxylic acids is 2. The van der Waals surface area contributed by atoms with Crippen molar-refractivity contribution in [2.75, 3.05) is 50.9 Å². The van der Waals surface area contributed by atoms with Crippen LogP contribution in [0.5, 0.6) is 0 Å². The first-order chi connectivity index (χ1) is 12.5. The lowest BCUT2D eigenvalue weighted by Gasteiger charge is -2.34. The van der Waals surface area contributed by atoms with E-state index in [1.807, 2.05) is 4.90 Å². The number of nitrogens with zero attached hydrogens (tertiary/aromatic N) is 3. The third-order valence-corrected chi connectivity index (χ3v) is 4.87. The van der Waals surface area contributed by atoms with Gasteiger partial charge in [0, 0.05) is 32.4 Å². The SMILES string of the molecule is C[C@H]1C[C@H](C)CN(C(=O)COC(=O)c2cccnc2N2CCOCC2)C1. The van der Waals surface area contributed by atoms with Crippen LogP contribution in [0.15, 0.2) is 18.3 Å². The third-order valence-electron chi connectivity index (χ3n) is 4.87. The van der Waals surface area contributed by atoms with Crippen molar-refractivity contribution < 1.29 is 19.1 Å². The summed E-state index contributed by atoms with van der Waals surface area (Å²) >= 11 is 0. The highest BCUT2D eigenvalue weighted by molar-refractivity contribution is 5.96. The van der Waals surface area contributed by atoms with Crippen molar-refractivity contribution in [3.63, 3.8) is 0 Å². The van der Waals surface area contributed by atoms with Crippen LogP contribution in [0, 0.1) is 11.8 Å². The summed E-state index contributed by atoms with van der Waals surface area (Å²) in [4.78, 5) is 33.1. The molecule has 1 aromatic heterocycles. The molecule has 2 saturated heterocycles. The Labute approximate surface area is 154 Å². The molecule has 1 amide bonds. The Kier molecular flexibility index (Phi) is 6.08. The van der Waals surface area contributed by atoms with Crippen molar-refractivity contribution >= 4 is 17.7 Å². The quantitative estimate of drug-likeness (QED) is 0.758. The molecule has 3 heterocycles. The van der Waals surface area contributed by atoms with Crippen LogP contribution in [-0.2, 0) is 14.3 Å². The molecule has 142 valence electrons. The number of esters is 1. The van der Waals surface area contributed by atoms with Gasteiger partial charge in [0.05, 0.1) is 13.2 Å². The molecule has 0 aromatic carbocycles. The van der Waals surface area contributed by atoms with Crippen LogP contribution in [-0.4, -0.2) is 67.8 Å². The maximum Gasteiger partial charge on any atom is 0.342 e. The van der Waals surface area contributed by atoms with Crippen LogP contribution >= 0.6 is 0 Å². The fourth-order valence-corrected chi connectivity index (χ4v) is 3.75. The summed E-state index contributed by atoms with van der Waals surface area (Å²) in [5.41, 5.74) is 0.391. The molecule has 2 aliphatic heterocycles. The lowest BCUT2D eigenvalue weighted by molar-refractivity contribution is -0.137. The standard InChI is InChI=1S/C19H27N3O4/c1-14-10-15(2)12-22(11-14)17(23)13-26-19(24)16-4-3-5-20-18(16)21-6-8-25-9-7-21/h3-5,14-15H,6-13H2,1-2H3/t14-,15-/m0/s1. The molecule has 0 aliphatic carbocycles. The number of morpholine rings is 1. The highest BCUT2D eigenvalue weighted by Crippen LogP contribution is 2.22. The van der Waals surface area contributed by atoms with E-state index in [0.29, 0.717) is 49.5 Å². The molecule has 2 aliphatic rings. The summed E-state index contributed by atoms with van der Waals surface area (Å²) in [6, 6.07) is 3.39. The molecule has 2 atom stereocenters. The van der Waals surface area contributed by atoms with Gasteiger partial charge in [0.15, 0.2) is 6.61 Å². The van der Waals surface area contributed by atoms with Gasteiger partial charge in [-0.1, -0.05) is 13.8 Å². The van der Waals surface area contributed by atoms with Crippen molar-refractivity contribution in [1.29, 1.82) is 0 Å². The fraction of sp³-hybridized carbons (Fsp3) is 0.632. The van der Waals surface area contributed by atoms with Gasteiger partial charge in [-0.25, -0.2) is 9.78 Å². The van der Waals surface area contributed by atoms with Gasteiger partial charge in [0.1, 0.15) is 11.4 Å². The van der Waals surface area contributed by atoms with E-state index in [4.69, 9.17) is 9.47 Å². The Morgan fingerprint density at radius 2 is 1.92 bits per heavy atom. The van der Waals surface area contributed by atoms with E-state index in [9.17, 15) is 9.59 Å². The molecule has 3 rings (SSSR count). The minimum Gasteiger partial charge on any atom is -0.452 e. The molecule has 26 heavy (non-hydrogen) atoms. The smallest absolute Gasteiger partial charge is 0.342 e. The monoisotopic (exact) mass is 361 g/mol. The normalized spacial score (nSPS) is 23.6. The van der Waals surface area contributed by atoms with Gasteiger partial charge >= 0.3 is 5.97 Å². The van der Waals surface area contributed by atoms with Crippen LogP contribution < -0.4 is 4.90 Å². The lowest BCUT2D eigenvalue weighted by Crippen LogP contribution is -2.44. The zero-order chi connectivity index (χ0) is 18.5. The third kappa shape index (κ3) is 4.52. The van der Waals surface area contributed by atoms with E-state index < -0.39 is 5.97 Å². The van der Waals surface area contributed by atoms with Gasteiger partial charge in [-0.05, 0) is 30.4 Å². The van der Waals surface area contributed by atoms with Crippen LogP contribution in [0.25, 0.3) is 0 Å². The molecule has 0 N–H and O–H groups in total. The second kappa shape index (κ2) is 8.49. The molecule has 7 heteroatoms. The summed E-state index contributed by atoms with van der Waals surface area (Å²) in [5.74, 6) is 0.905. The Hall–Kier alpha value is -2.15. The van der Waals surface area contributed by atoms with Crippen LogP contribution in [0.1, 0.15) is 30.6 Å². The number of hydrogen-bond donors (Lipinski definition) is 0. The van der Waals surface area contributed by atoms with Crippen LogP contribution in [0.2, 0.25) is 0 Å². The summed E-state index contributed by atoms with van der Waals surface area (Å²) in [6.07, 6.45) is 2.78. The molecule has 2 fully saturated rings. The first-order valence-corrected chi connectivity index (χ1v) is 9.27. The van der Waals surface area contributed by atoms with Gasteiger partial charge in [0.2, 0.25) is 0 Å². The zero-order valence-corrected chi connectivity index (χ0v) is 15.5. The van der Waals surface area contributed by atoms with Crippen molar-refractivity contribution in [3.8, 4) is 0 Å². The number of pyridine rings is 1. The molecule has 1 aromatic rings. The number of ether oxygens (including phenoxy) is 2. The van der Waals surface area contributed by atoms with Gasteiger partial charge in [-0.15, -0.1) is 0 Å². The van der Waals surface area contributed by atoms with Crippen LogP contribution in [0.3, 0.4) is 0 Å². The van der Waals surface area contributed by atoms with Crippen molar-refractivity contribution in [1.82, 2.24) is 9.88 Å². The second-order valence-electron chi connectivity index (χ2n) is 7.29. The van der Waals surface area contributed by atoms with E-state index in [0.717, 1.165) is 19.5 Å². The number of carbonyl (C=O) groups is 2. The minimum atomic E-state index is -0.508. The number of hydrogen-bond acceptors (Lipinski definition) is 6. The lowest BCUT2D eigenvalue weighted by atomic mass is 9.92. The molecule has 0 radical (unpaired) electrons. The highest BCUT2D eigenvalue weighted by atomic mass is 16.5. The largest absolute Gasteiger partial charge is 0.452 e. The summed E-state index contributed by atoms with van der Waals surface area (Å²) < 4.78 is 10.7. The number of anilines is 1. The van der Waals surface area contributed by atoms with Crippen molar-refractivity contribution in [2.45, 2.75) is 20.3 Å². The van der Waals surface area contributed by atoms with E-state index in [2.05, 4.69) is 18.8 Å². The maximum absolute atomic E-state index is 12.5. The Balaban J connectivity index is 1.61. The molecular formula is C19H27N3O4. The Morgan fingerprint density at radius 3 is 2.62 bits per heavy atom. The predicted octanol–water partition coefficient (Wildman–Crippen LogP) is 1.58. The average Bonchev–Trinajstić information content (AvgIpc) is 2.65. The van der Waals surface area contributed by atoms with Gasteiger partial charge in [-0.3, -0.25) is 4.79 Å². The first-order valence-electron chi connectivity index (χ1n) is 9.27. The summed E-state index contributed by atoms with van der Waals surface area (Å²) in [7, 11) is 0. The molecule has 0 unspecified atom stereocenters. The molecule has 0 bridgehead atoms. The molecule has 0 spiro atoms. The van der Waals surface area contributed by atoms with E-state index >= 15 is 0 Å². The van der Waals surface area contributed by atoms with E-state index in [1.54, 1.807) is 23.2 Å². The minimum absolute atomic E-state index is 0.131. The molecular weight excluding hydrogens is 334 g/mol. The zero-order valence-electron chi connectivity index (χ0n) is 15.5. The molecule has 7 nitrogen and oxygen atoms in total. The summed E-state index contributed by atoms with van der Waals surface area (Å²) in [5, 5.41) is 0. The van der Waals surface area contributed by atoms with Gasteiger partial charge in [-0.2, -0.15) is 0 Å². The summed E-state index contributed by atoms with van der Waals surface area (Å²) in [6.45, 7) is 8.09. The van der Waals surface area contributed by atoms with E-state index in [1.165, 1.54) is 0 Å². The Morgan fingerprint density at radius 1 is 1.23 bits per heavy atom. The van der Waals surface area contributed by atoms with Crippen LogP contribution in [0.4, 0.5) is 5.82 Å². The Bertz CT molecular complexity index is 635. The predicted molar refractivity (Wildman–Crippen MR) is 97.1 cm³/mol. The highest BCUT2D eigenvalue weighted by Gasteiger charge is 2.27. The number of aromatic nitrogens is 1. The fourth-order valence-electron chi connectivity index (χ4n) is 3.75. The average molecular weight is 361 g/mol. The molecule has 0 saturated carbocycles. The van der Waals surface area contributed by atoms with Crippen molar-refractivity contribution in [3.05, 3.63) is 23.9 Å². The second-order valence-corrected chi connectivity index (χ2v) is 7.29. The van der Waals surface area contributed by atoms with E-state index in [-0.39, 0.29) is 12.5 Å². The number of piperidine rings is 1. The van der Waals surface area contributed by atoms with Gasteiger partial charge < -0.3 is 19.3 Å². The topological polar surface area (TPSA) is 72.0 Å². The maximum atomic E-state index is 12.5.